The molecule has 1 atom stereocenters. The third-order valence-corrected chi connectivity index (χ3v) is 12.6. The van der Waals surface area contributed by atoms with Crippen LogP contribution >= 0.6 is 0 Å². The Bertz CT molecular complexity index is 3350. The topological polar surface area (TPSA) is 211 Å². The van der Waals surface area contributed by atoms with Crippen LogP contribution in [0.15, 0.2) is 96.1 Å². The molecule has 4 aromatic heterocycles. The standard InChI is InChI=1S/C42H34F4N10O5S.C2HF3O2/c1-62(59,60)53-18-14-30(23-53)56-38-35(21-49-40(51-38)50-28-8-12-31(13-9-28)61-42(44,45)46)55(41(56)58)29-10-6-26(7-11-29)39(57)52-17-15-32-33-3-2-16-48-37(33)54(36(32)24-52)22-27-5-4-25(20-47)19-34(27)43;3-2(4,5)1(6)7/h2-13,16,19,21,30H,14-15,17-18,22-24H2,1H3,(H,49,50,51);(H,6,7)/t30-;/m0./s1. The number of carbonyl (C=O) groups excluding carboxylic acids is 1. The van der Waals surface area contributed by atoms with Crippen molar-refractivity contribution in [1.29, 1.82) is 5.26 Å². The van der Waals surface area contributed by atoms with E-state index in [0.717, 1.165) is 35.0 Å². The molecule has 1 amide bonds. The van der Waals surface area contributed by atoms with Gasteiger partial charge in [-0.25, -0.2) is 36.7 Å². The predicted octanol–water partition coefficient (Wildman–Crippen LogP) is 6.67. The lowest BCUT2D eigenvalue weighted by molar-refractivity contribution is -0.274. The lowest BCUT2D eigenvalue weighted by atomic mass is 10.0. The van der Waals surface area contributed by atoms with Crippen molar-refractivity contribution in [3.05, 3.63) is 136 Å². The molecule has 0 aliphatic carbocycles. The number of carboxylic acid groups (broad SMARTS) is 1. The molecule has 25 heteroatoms. The fourth-order valence-corrected chi connectivity index (χ4v) is 9.07. The third-order valence-electron chi connectivity index (χ3n) is 11.3. The number of fused-ring (bicyclic) bond motifs is 4. The SMILES string of the molecule is CS(=O)(=O)N1CC[C@H](n2c(=O)n(-c3ccc(C(=O)N4CCc5c(n(Cc6ccc(C#N)cc6F)c6ncccc56)C4)cc3)c3cnc(Nc4ccc(OC(F)(F)F)cc4)nc32)C1.O=C(O)C(F)(F)F. The monoisotopic (exact) mass is 980 g/mol. The summed E-state index contributed by atoms with van der Waals surface area (Å²) in [7, 11) is -3.57. The number of halogens is 7. The summed E-state index contributed by atoms with van der Waals surface area (Å²) in [6, 6.07) is 20.9. The van der Waals surface area contributed by atoms with Crippen LogP contribution in [-0.4, -0.2) is 102 Å². The summed E-state index contributed by atoms with van der Waals surface area (Å²) in [5.41, 5.74) is 4.09. The van der Waals surface area contributed by atoms with Crippen LogP contribution in [0, 0.1) is 17.1 Å². The molecule has 3 aromatic carbocycles. The van der Waals surface area contributed by atoms with Gasteiger partial charge in [0.25, 0.3) is 5.91 Å². The first-order valence-electron chi connectivity index (χ1n) is 20.5. The Labute approximate surface area is 385 Å². The van der Waals surface area contributed by atoms with Crippen LogP contribution in [0.25, 0.3) is 27.9 Å². The molecule has 17 nitrogen and oxygen atoms in total. The molecule has 2 aliphatic rings. The first-order chi connectivity index (χ1) is 32.6. The second kappa shape index (κ2) is 18.3. The van der Waals surface area contributed by atoms with Crippen LogP contribution in [0.5, 0.6) is 5.75 Å². The zero-order chi connectivity index (χ0) is 49.6. The molecule has 7 aromatic rings. The maximum absolute atomic E-state index is 15.1. The van der Waals surface area contributed by atoms with E-state index in [4.69, 9.17) is 9.90 Å². The van der Waals surface area contributed by atoms with Crippen molar-refractivity contribution in [3.8, 4) is 17.5 Å². The van der Waals surface area contributed by atoms with Gasteiger partial charge in [-0.15, -0.1) is 13.2 Å². The Hall–Kier alpha value is -7.85. The number of sulfonamides is 1. The highest BCUT2D eigenvalue weighted by molar-refractivity contribution is 7.88. The first kappa shape index (κ1) is 47.6. The van der Waals surface area contributed by atoms with Crippen molar-refractivity contribution >= 4 is 55.7 Å². The predicted molar refractivity (Wildman–Crippen MR) is 232 cm³/mol. The zero-order valence-corrected chi connectivity index (χ0v) is 36.5. The van der Waals surface area contributed by atoms with Crippen molar-refractivity contribution in [2.24, 2.45) is 0 Å². The molecule has 0 spiro atoms. The number of nitriles is 1. The number of imidazole rings is 1. The van der Waals surface area contributed by atoms with Crippen molar-refractivity contribution in [2.75, 3.05) is 31.2 Å². The number of benzene rings is 3. The number of hydrogen-bond donors (Lipinski definition) is 2. The van der Waals surface area contributed by atoms with Gasteiger partial charge in [0.15, 0.2) is 5.65 Å². The van der Waals surface area contributed by atoms with Crippen LogP contribution in [0.1, 0.15) is 45.2 Å². The van der Waals surface area contributed by atoms with Crippen molar-refractivity contribution in [1.82, 2.24) is 37.9 Å². The fourth-order valence-electron chi connectivity index (χ4n) is 8.19. The molecule has 1 saturated heterocycles. The molecule has 2 aliphatic heterocycles. The van der Waals surface area contributed by atoms with Gasteiger partial charge in [-0.1, -0.05) is 6.07 Å². The number of aliphatic carboxylic acids is 1. The molecule has 0 radical (unpaired) electrons. The fraction of sp³-hybridized carbons (Fsp3) is 0.250. The first-order valence-corrected chi connectivity index (χ1v) is 22.4. The molecular formula is C44H35F7N10O7S. The minimum Gasteiger partial charge on any atom is -0.475 e. The number of rotatable bonds is 9. The number of amides is 1. The van der Waals surface area contributed by atoms with Crippen molar-refractivity contribution < 1.29 is 58.6 Å². The third kappa shape index (κ3) is 10.1. The molecular weight excluding hydrogens is 946 g/mol. The van der Waals surface area contributed by atoms with Gasteiger partial charge in [-0.3, -0.25) is 13.9 Å². The summed E-state index contributed by atoms with van der Waals surface area (Å²) in [5.74, 6) is -3.94. The largest absolute Gasteiger partial charge is 0.573 e. The van der Waals surface area contributed by atoms with E-state index in [9.17, 15) is 49.6 Å². The molecule has 0 saturated carbocycles. The molecule has 0 bridgehead atoms. The van der Waals surface area contributed by atoms with E-state index < -0.39 is 51.8 Å². The number of anilines is 2. The maximum Gasteiger partial charge on any atom is 0.573 e. The van der Waals surface area contributed by atoms with Gasteiger partial charge in [-0.05, 0) is 91.2 Å². The number of pyridine rings is 1. The molecule has 1 fully saturated rings. The van der Waals surface area contributed by atoms with Gasteiger partial charge in [0.1, 0.15) is 22.7 Å². The Balaban J connectivity index is 0.000000853. The van der Waals surface area contributed by atoms with E-state index in [1.165, 1.54) is 37.8 Å². The maximum atomic E-state index is 15.1. The number of hydrogen-bond acceptors (Lipinski definition) is 11. The quantitative estimate of drug-likeness (QED) is 0.145. The molecule has 0 unspecified atom stereocenters. The molecule has 2 N–H and O–H groups in total. The van der Waals surface area contributed by atoms with E-state index in [1.807, 2.05) is 22.8 Å². The number of nitrogens with one attached hydrogen (secondary N) is 1. The Morgan fingerprint density at radius 3 is 2.30 bits per heavy atom. The van der Waals surface area contributed by atoms with Crippen LogP contribution in [-0.2, 0) is 34.3 Å². The molecule has 358 valence electrons. The molecule has 9 rings (SSSR count). The van der Waals surface area contributed by atoms with Gasteiger partial charge in [0.2, 0.25) is 16.0 Å². The van der Waals surface area contributed by atoms with Gasteiger partial charge >= 0.3 is 24.2 Å². The summed E-state index contributed by atoms with van der Waals surface area (Å²) in [5, 5.41) is 20.2. The molecule has 6 heterocycles. The smallest absolute Gasteiger partial charge is 0.475 e. The van der Waals surface area contributed by atoms with Gasteiger partial charge in [-0.2, -0.15) is 23.4 Å². The van der Waals surface area contributed by atoms with E-state index in [0.29, 0.717) is 47.5 Å². The average Bonchev–Trinajstić information content (AvgIpc) is 3.99. The number of nitrogens with zero attached hydrogens (tertiary/aromatic N) is 9. The lowest BCUT2D eigenvalue weighted by Crippen LogP contribution is -2.36. The van der Waals surface area contributed by atoms with Gasteiger partial charge in [0, 0.05) is 53.7 Å². The van der Waals surface area contributed by atoms with Crippen LogP contribution in [0.2, 0.25) is 0 Å². The minimum atomic E-state index is -5.08. The van der Waals surface area contributed by atoms with E-state index in [1.54, 1.807) is 47.5 Å². The van der Waals surface area contributed by atoms with E-state index >= 15 is 4.39 Å². The number of carbonyl (C=O) groups is 2. The second-order valence-corrected chi connectivity index (χ2v) is 17.8. The van der Waals surface area contributed by atoms with E-state index in [2.05, 4.69) is 25.0 Å². The van der Waals surface area contributed by atoms with Crippen LogP contribution in [0.3, 0.4) is 0 Å². The number of aromatic nitrogens is 6. The summed E-state index contributed by atoms with van der Waals surface area (Å²) in [6.45, 7) is 0.978. The Kier molecular flexibility index (Phi) is 12.7. The van der Waals surface area contributed by atoms with Gasteiger partial charge < -0.3 is 24.6 Å². The Morgan fingerprint density at radius 2 is 1.68 bits per heavy atom. The summed E-state index contributed by atoms with van der Waals surface area (Å²) < 4.78 is 120. The van der Waals surface area contributed by atoms with Crippen molar-refractivity contribution in [2.45, 2.75) is 44.5 Å². The highest BCUT2D eigenvalue weighted by Gasteiger charge is 2.38. The number of ether oxygens (including phenoxy) is 1. The summed E-state index contributed by atoms with van der Waals surface area (Å²) in [6.07, 6.45) is -4.92. The van der Waals surface area contributed by atoms with Crippen LogP contribution < -0.4 is 15.7 Å². The van der Waals surface area contributed by atoms with Gasteiger partial charge in [0.05, 0.1) is 48.9 Å². The minimum absolute atomic E-state index is 0.0215. The normalized spacial score (nSPS) is 15.3. The highest BCUT2D eigenvalue weighted by atomic mass is 32.2. The van der Waals surface area contributed by atoms with Crippen molar-refractivity contribution in [3.63, 3.8) is 0 Å². The number of alkyl halides is 6. The summed E-state index contributed by atoms with van der Waals surface area (Å²) in [4.78, 5) is 52.7. The Morgan fingerprint density at radius 1 is 0.971 bits per heavy atom. The molecule has 69 heavy (non-hydrogen) atoms. The summed E-state index contributed by atoms with van der Waals surface area (Å²) >= 11 is 0. The van der Waals surface area contributed by atoms with E-state index in [-0.39, 0.29) is 54.8 Å². The zero-order valence-electron chi connectivity index (χ0n) is 35.7. The number of carboxylic acids is 1. The van der Waals surface area contributed by atoms with Crippen LogP contribution in [0.4, 0.5) is 42.4 Å². The lowest BCUT2D eigenvalue weighted by Gasteiger charge is -2.29. The second-order valence-electron chi connectivity index (χ2n) is 15.8. The average molecular weight is 981 g/mol. The highest BCUT2D eigenvalue weighted by Crippen LogP contribution is 2.33.